The average Bonchev–Trinajstić information content (AvgIpc) is 2.55. The molecule has 1 aromatic rings. The molecule has 0 unspecified atom stereocenters. The van der Waals surface area contributed by atoms with Gasteiger partial charge in [0.1, 0.15) is 5.56 Å². The smallest absolute Gasteiger partial charge is 0.330 e. The van der Waals surface area contributed by atoms with Crippen molar-refractivity contribution in [3.63, 3.8) is 0 Å². The summed E-state index contributed by atoms with van der Waals surface area (Å²) >= 11 is 0. The van der Waals surface area contributed by atoms with Gasteiger partial charge >= 0.3 is 5.69 Å². The molecule has 25 heavy (non-hydrogen) atoms. The summed E-state index contributed by atoms with van der Waals surface area (Å²) in [5, 5.41) is 7.77. The Bertz CT molecular complexity index is 865. The van der Waals surface area contributed by atoms with E-state index in [2.05, 4.69) is 5.32 Å². The average molecular weight is 373 g/mol. The van der Waals surface area contributed by atoms with Gasteiger partial charge in [0.05, 0.1) is 0 Å². The fourth-order valence-corrected chi connectivity index (χ4v) is 3.62. The SMILES string of the molecule is Cn1cc(C(=O)NCCC2CCN(S(N)(=O)=O)CC2)c(=O)n(C)c1=O. The predicted molar refractivity (Wildman–Crippen MR) is 91.3 cm³/mol. The number of rotatable bonds is 5. The summed E-state index contributed by atoms with van der Waals surface area (Å²) < 4.78 is 25.8. The van der Waals surface area contributed by atoms with Crippen LogP contribution in [0.5, 0.6) is 0 Å². The molecule has 140 valence electrons. The molecule has 0 radical (unpaired) electrons. The second-order valence-electron chi connectivity index (χ2n) is 6.23. The largest absolute Gasteiger partial charge is 0.352 e. The Labute approximate surface area is 145 Å². The highest BCUT2D eigenvalue weighted by atomic mass is 32.2. The molecule has 0 aromatic carbocycles. The van der Waals surface area contributed by atoms with E-state index in [1.54, 1.807) is 0 Å². The van der Waals surface area contributed by atoms with E-state index in [0.29, 0.717) is 38.9 Å². The van der Waals surface area contributed by atoms with Crippen LogP contribution in [0.1, 0.15) is 29.6 Å². The maximum Gasteiger partial charge on any atom is 0.330 e. The quantitative estimate of drug-likeness (QED) is 0.622. The number of hydrogen-bond acceptors (Lipinski definition) is 5. The molecule has 1 aromatic heterocycles. The monoisotopic (exact) mass is 373 g/mol. The Morgan fingerprint density at radius 3 is 2.44 bits per heavy atom. The first-order valence-corrected chi connectivity index (χ1v) is 9.44. The van der Waals surface area contributed by atoms with Gasteiger partial charge in [0.15, 0.2) is 0 Å². The van der Waals surface area contributed by atoms with Crippen LogP contribution in [-0.2, 0) is 24.3 Å². The third kappa shape index (κ3) is 4.55. The lowest BCUT2D eigenvalue weighted by Gasteiger charge is -2.29. The van der Waals surface area contributed by atoms with Gasteiger partial charge in [0.2, 0.25) is 0 Å². The van der Waals surface area contributed by atoms with Crippen molar-refractivity contribution in [2.45, 2.75) is 19.3 Å². The van der Waals surface area contributed by atoms with E-state index in [9.17, 15) is 22.8 Å². The molecule has 1 aliphatic rings. The predicted octanol–water partition coefficient (Wildman–Crippen LogP) is -1.88. The van der Waals surface area contributed by atoms with Crippen molar-refractivity contribution in [1.82, 2.24) is 18.8 Å². The summed E-state index contributed by atoms with van der Waals surface area (Å²) in [6, 6.07) is 0. The Kier molecular flexibility index (Phi) is 5.80. The number of hydrogen-bond donors (Lipinski definition) is 2. The molecule has 0 atom stereocenters. The van der Waals surface area contributed by atoms with E-state index in [1.807, 2.05) is 0 Å². The highest BCUT2D eigenvalue weighted by molar-refractivity contribution is 7.86. The van der Waals surface area contributed by atoms with E-state index >= 15 is 0 Å². The van der Waals surface area contributed by atoms with E-state index < -0.39 is 27.4 Å². The van der Waals surface area contributed by atoms with Crippen molar-refractivity contribution >= 4 is 16.1 Å². The summed E-state index contributed by atoms with van der Waals surface area (Å²) in [4.78, 5) is 35.8. The maximum absolute atomic E-state index is 12.2. The van der Waals surface area contributed by atoms with Gasteiger partial charge in [-0.3, -0.25) is 14.2 Å². The zero-order chi connectivity index (χ0) is 18.8. The summed E-state index contributed by atoms with van der Waals surface area (Å²) in [7, 11) is -0.847. The van der Waals surface area contributed by atoms with E-state index in [-0.39, 0.29) is 11.5 Å². The summed E-state index contributed by atoms with van der Waals surface area (Å²) in [5.74, 6) is -0.251. The van der Waals surface area contributed by atoms with E-state index in [0.717, 1.165) is 4.57 Å². The molecule has 11 heteroatoms. The topological polar surface area (TPSA) is 136 Å². The zero-order valence-electron chi connectivity index (χ0n) is 14.3. The van der Waals surface area contributed by atoms with Gasteiger partial charge < -0.3 is 9.88 Å². The minimum atomic E-state index is -3.64. The van der Waals surface area contributed by atoms with Crippen LogP contribution in [0.4, 0.5) is 0 Å². The standard InChI is InChI=1S/C14H23N5O5S/c1-17-9-11(13(21)18(2)14(17)22)12(20)16-6-3-10-4-7-19(8-5-10)25(15,23)24/h9-10H,3-8H2,1-2H3,(H,16,20)(H2,15,23,24). The first-order chi connectivity index (χ1) is 11.6. The van der Waals surface area contributed by atoms with Crippen molar-refractivity contribution in [1.29, 1.82) is 0 Å². The van der Waals surface area contributed by atoms with E-state index in [4.69, 9.17) is 5.14 Å². The van der Waals surface area contributed by atoms with Crippen LogP contribution in [0, 0.1) is 5.92 Å². The van der Waals surface area contributed by atoms with Crippen molar-refractivity contribution in [2.24, 2.45) is 25.2 Å². The van der Waals surface area contributed by atoms with Gasteiger partial charge in [0.25, 0.3) is 21.7 Å². The number of nitrogens with one attached hydrogen (secondary N) is 1. The van der Waals surface area contributed by atoms with Crippen LogP contribution >= 0.6 is 0 Å². The van der Waals surface area contributed by atoms with Crippen LogP contribution in [0.2, 0.25) is 0 Å². The third-order valence-electron chi connectivity index (χ3n) is 4.46. The van der Waals surface area contributed by atoms with Crippen molar-refractivity contribution < 1.29 is 13.2 Å². The second kappa shape index (κ2) is 7.50. The minimum absolute atomic E-state index is 0.0892. The zero-order valence-corrected chi connectivity index (χ0v) is 15.1. The Hall–Kier alpha value is -1.98. The van der Waals surface area contributed by atoms with E-state index in [1.165, 1.54) is 29.2 Å². The Balaban J connectivity index is 1.88. The lowest BCUT2D eigenvalue weighted by Crippen LogP contribution is -2.43. The van der Waals surface area contributed by atoms with Crippen LogP contribution in [0.15, 0.2) is 15.8 Å². The van der Waals surface area contributed by atoms with Crippen LogP contribution in [0.25, 0.3) is 0 Å². The highest BCUT2D eigenvalue weighted by Crippen LogP contribution is 2.20. The van der Waals surface area contributed by atoms with Crippen molar-refractivity contribution in [3.05, 3.63) is 32.6 Å². The Morgan fingerprint density at radius 2 is 1.88 bits per heavy atom. The number of aryl methyl sites for hydroxylation is 1. The molecular formula is C14H23N5O5S. The molecule has 3 N–H and O–H groups in total. The first kappa shape index (κ1) is 19.3. The maximum atomic E-state index is 12.2. The molecule has 1 amide bonds. The van der Waals surface area contributed by atoms with Crippen LogP contribution in [-0.4, -0.2) is 47.4 Å². The Morgan fingerprint density at radius 1 is 1.28 bits per heavy atom. The number of nitrogens with two attached hydrogens (primary N) is 1. The normalized spacial score (nSPS) is 16.8. The molecular weight excluding hydrogens is 350 g/mol. The lowest BCUT2D eigenvalue weighted by molar-refractivity contribution is 0.0946. The molecule has 2 rings (SSSR count). The van der Waals surface area contributed by atoms with Crippen molar-refractivity contribution in [2.75, 3.05) is 19.6 Å². The number of aromatic nitrogens is 2. The molecule has 1 fully saturated rings. The highest BCUT2D eigenvalue weighted by Gasteiger charge is 2.25. The van der Waals surface area contributed by atoms with Gasteiger partial charge in [-0.05, 0) is 25.2 Å². The van der Waals surface area contributed by atoms with Gasteiger partial charge in [-0.1, -0.05) is 0 Å². The number of piperidine rings is 1. The summed E-state index contributed by atoms with van der Waals surface area (Å²) in [6.07, 6.45) is 3.25. The van der Waals surface area contributed by atoms with Gasteiger partial charge in [-0.15, -0.1) is 0 Å². The number of amides is 1. The number of carbonyl (C=O) groups excluding carboxylic acids is 1. The van der Waals surface area contributed by atoms with Gasteiger partial charge in [-0.2, -0.15) is 12.7 Å². The minimum Gasteiger partial charge on any atom is -0.352 e. The summed E-state index contributed by atoms with van der Waals surface area (Å²) in [5.41, 5.74) is -1.22. The molecule has 1 aliphatic heterocycles. The fraction of sp³-hybridized carbons (Fsp3) is 0.643. The number of carbonyl (C=O) groups is 1. The fourth-order valence-electron chi connectivity index (χ4n) is 2.90. The van der Waals surface area contributed by atoms with Crippen LogP contribution < -0.4 is 21.7 Å². The molecule has 1 saturated heterocycles. The molecule has 0 spiro atoms. The molecule has 0 saturated carbocycles. The van der Waals surface area contributed by atoms with Crippen LogP contribution in [0.3, 0.4) is 0 Å². The number of nitrogens with zero attached hydrogens (tertiary/aromatic N) is 3. The molecule has 2 heterocycles. The lowest BCUT2D eigenvalue weighted by atomic mass is 9.95. The molecule has 0 bridgehead atoms. The second-order valence-corrected chi connectivity index (χ2v) is 7.78. The molecule has 10 nitrogen and oxygen atoms in total. The van der Waals surface area contributed by atoms with Gasteiger partial charge in [0, 0.05) is 39.9 Å². The van der Waals surface area contributed by atoms with Gasteiger partial charge in [-0.25, -0.2) is 9.93 Å². The summed E-state index contributed by atoms with van der Waals surface area (Å²) in [6.45, 7) is 1.11. The molecule has 0 aliphatic carbocycles. The third-order valence-corrected chi connectivity index (χ3v) is 5.55. The first-order valence-electron chi connectivity index (χ1n) is 7.94. The van der Waals surface area contributed by atoms with Crippen molar-refractivity contribution in [3.8, 4) is 0 Å².